The van der Waals surface area contributed by atoms with Gasteiger partial charge in [-0.25, -0.2) is 0 Å². The van der Waals surface area contributed by atoms with Crippen LogP contribution in [0, 0.1) is 0 Å². The molecule has 2 unspecified atom stereocenters. The summed E-state index contributed by atoms with van der Waals surface area (Å²) in [4.78, 5) is 0. The molecule has 0 fully saturated rings. The summed E-state index contributed by atoms with van der Waals surface area (Å²) in [5, 5.41) is 5.02. The van der Waals surface area contributed by atoms with Gasteiger partial charge in [0.25, 0.3) is 0 Å². The first-order valence-corrected chi connectivity index (χ1v) is 8.17. The van der Waals surface area contributed by atoms with E-state index in [-0.39, 0.29) is 12.1 Å². The van der Waals surface area contributed by atoms with Crippen LogP contribution in [0.25, 0.3) is 0 Å². The zero-order valence-corrected chi connectivity index (χ0v) is 14.1. The zero-order valence-electron chi connectivity index (χ0n) is 12.6. The number of ether oxygens (including phenoxy) is 1. The molecule has 0 amide bonds. The number of hydrogen-bond donors (Lipinski definition) is 1. The van der Waals surface area contributed by atoms with E-state index < -0.39 is 0 Å². The molecule has 114 valence electrons. The highest BCUT2D eigenvalue weighted by Gasteiger charge is 2.22. The molecule has 0 aliphatic rings. The minimum absolute atomic E-state index is 0.180. The first-order chi connectivity index (χ1) is 9.63. The van der Waals surface area contributed by atoms with E-state index in [0.29, 0.717) is 0 Å². The van der Waals surface area contributed by atoms with E-state index in [2.05, 4.69) is 19.2 Å². The van der Waals surface area contributed by atoms with Crippen molar-refractivity contribution >= 4 is 23.2 Å². The molecule has 0 aromatic heterocycles. The number of benzene rings is 1. The molecule has 2 nitrogen and oxygen atoms in total. The van der Waals surface area contributed by atoms with Crippen LogP contribution in [-0.4, -0.2) is 25.3 Å². The number of halogens is 2. The van der Waals surface area contributed by atoms with E-state index in [9.17, 15) is 0 Å². The van der Waals surface area contributed by atoms with Gasteiger partial charge in [0.2, 0.25) is 0 Å². The lowest BCUT2D eigenvalue weighted by atomic mass is 9.99. The van der Waals surface area contributed by atoms with Crippen molar-refractivity contribution in [3.8, 4) is 0 Å². The predicted octanol–water partition coefficient (Wildman–Crippen LogP) is 4.72. The minimum Gasteiger partial charge on any atom is -0.377 e. The third-order valence-corrected chi connectivity index (χ3v) is 4.08. The molecule has 0 bridgehead atoms. The lowest BCUT2D eigenvalue weighted by molar-refractivity contribution is 0.0320. The van der Waals surface area contributed by atoms with Crippen LogP contribution in [0.5, 0.6) is 0 Å². The molecular weight excluding hydrogens is 293 g/mol. The summed E-state index contributed by atoms with van der Waals surface area (Å²) in [6.07, 6.45) is 3.03. The van der Waals surface area contributed by atoms with Crippen molar-refractivity contribution in [3.05, 3.63) is 33.8 Å². The van der Waals surface area contributed by atoms with E-state index in [4.69, 9.17) is 27.9 Å². The van der Waals surface area contributed by atoms with Crippen molar-refractivity contribution in [1.82, 2.24) is 5.32 Å². The molecule has 1 rings (SSSR count). The molecule has 1 N–H and O–H groups in total. The van der Waals surface area contributed by atoms with Crippen LogP contribution >= 0.6 is 23.2 Å². The monoisotopic (exact) mass is 317 g/mol. The zero-order chi connectivity index (χ0) is 15.0. The summed E-state index contributed by atoms with van der Waals surface area (Å²) in [7, 11) is 0. The Bertz CT molecular complexity index is 378. The van der Waals surface area contributed by atoms with E-state index >= 15 is 0 Å². The standard InChI is InChI=1S/C16H25Cl2NO/c1-4-10-19-15(16(5-2)20-6-3)11-12-13(17)8-7-9-14(12)18/h7-9,15-16,19H,4-6,10-11H2,1-3H3. The Morgan fingerprint density at radius 1 is 1.15 bits per heavy atom. The van der Waals surface area contributed by atoms with Crippen LogP contribution < -0.4 is 5.32 Å². The average molecular weight is 318 g/mol. The highest BCUT2D eigenvalue weighted by atomic mass is 35.5. The molecule has 0 saturated carbocycles. The Morgan fingerprint density at radius 2 is 1.80 bits per heavy atom. The van der Waals surface area contributed by atoms with Gasteiger partial charge >= 0.3 is 0 Å². The number of hydrogen-bond acceptors (Lipinski definition) is 2. The molecule has 20 heavy (non-hydrogen) atoms. The van der Waals surface area contributed by atoms with Crippen molar-refractivity contribution in [2.24, 2.45) is 0 Å². The van der Waals surface area contributed by atoms with Gasteiger partial charge in [0, 0.05) is 22.7 Å². The van der Waals surface area contributed by atoms with Gasteiger partial charge in [-0.1, -0.05) is 43.1 Å². The van der Waals surface area contributed by atoms with Crippen LogP contribution in [0.3, 0.4) is 0 Å². The van der Waals surface area contributed by atoms with Crippen molar-refractivity contribution in [1.29, 1.82) is 0 Å². The first kappa shape index (κ1) is 17.8. The number of nitrogens with one attached hydrogen (secondary N) is 1. The topological polar surface area (TPSA) is 21.3 Å². The highest BCUT2D eigenvalue weighted by Crippen LogP contribution is 2.26. The van der Waals surface area contributed by atoms with E-state index in [1.54, 1.807) is 0 Å². The van der Waals surface area contributed by atoms with Crippen LogP contribution in [0.1, 0.15) is 39.2 Å². The summed E-state index contributed by atoms with van der Waals surface area (Å²) < 4.78 is 5.85. The van der Waals surface area contributed by atoms with Gasteiger partial charge in [-0.05, 0) is 50.4 Å². The normalized spacial score (nSPS) is 14.2. The summed E-state index contributed by atoms with van der Waals surface area (Å²) in [6.45, 7) is 8.03. The SMILES string of the molecule is CCCNC(Cc1c(Cl)cccc1Cl)C(CC)OCC. The summed E-state index contributed by atoms with van der Waals surface area (Å²) in [6, 6.07) is 5.89. The van der Waals surface area contributed by atoms with Gasteiger partial charge in [0.1, 0.15) is 0 Å². The maximum Gasteiger partial charge on any atom is 0.0728 e. The van der Waals surface area contributed by atoms with Crippen LogP contribution in [0.2, 0.25) is 10.0 Å². The lowest BCUT2D eigenvalue weighted by Gasteiger charge is -2.28. The van der Waals surface area contributed by atoms with Gasteiger partial charge in [-0.15, -0.1) is 0 Å². The first-order valence-electron chi connectivity index (χ1n) is 7.41. The quantitative estimate of drug-likeness (QED) is 0.711. The van der Waals surface area contributed by atoms with Crippen LogP contribution in [-0.2, 0) is 11.2 Å². The molecule has 0 radical (unpaired) electrons. The molecule has 1 aromatic rings. The lowest BCUT2D eigenvalue weighted by Crippen LogP contribution is -2.43. The Morgan fingerprint density at radius 3 is 2.30 bits per heavy atom. The van der Waals surface area contributed by atoms with Crippen molar-refractivity contribution in [3.63, 3.8) is 0 Å². The largest absolute Gasteiger partial charge is 0.377 e. The molecule has 4 heteroatoms. The third kappa shape index (κ3) is 5.25. The second kappa shape index (κ2) is 9.62. The second-order valence-corrected chi connectivity index (χ2v) is 5.68. The predicted molar refractivity (Wildman–Crippen MR) is 88.0 cm³/mol. The molecule has 0 aliphatic carbocycles. The van der Waals surface area contributed by atoms with E-state index in [1.165, 1.54) is 0 Å². The summed E-state index contributed by atoms with van der Waals surface area (Å²) in [5.74, 6) is 0. The Balaban J connectivity index is 2.87. The van der Waals surface area contributed by atoms with Gasteiger partial charge in [0.05, 0.1) is 6.10 Å². The minimum atomic E-state index is 0.180. The molecule has 2 atom stereocenters. The van der Waals surface area contributed by atoms with Gasteiger partial charge in [-0.3, -0.25) is 0 Å². The van der Waals surface area contributed by atoms with Crippen molar-refractivity contribution in [2.75, 3.05) is 13.2 Å². The fourth-order valence-electron chi connectivity index (χ4n) is 2.34. The van der Waals surface area contributed by atoms with Gasteiger partial charge in [-0.2, -0.15) is 0 Å². The van der Waals surface area contributed by atoms with E-state index in [0.717, 1.165) is 48.0 Å². The molecule has 0 spiro atoms. The van der Waals surface area contributed by atoms with Crippen molar-refractivity contribution < 1.29 is 4.74 Å². The second-order valence-electron chi connectivity index (χ2n) is 4.87. The Kier molecular flexibility index (Phi) is 8.55. The molecular formula is C16H25Cl2NO. The molecule has 1 aromatic carbocycles. The van der Waals surface area contributed by atoms with Gasteiger partial charge in [0.15, 0.2) is 0 Å². The molecule has 0 aliphatic heterocycles. The van der Waals surface area contributed by atoms with Crippen LogP contribution in [0.15, 0.2) is 18.2 Å². The smallest absolute Gasteiger partial charge is 0.0728 e. The maximum absolute atomic E-state index is 6.28. The van der Waals surface area contributed by atoms with Gasteiger partial charge < -0.3 is 10.1 Å². The Labute approximate surface area is 132 Å². The molecule has 0 saturated heterocycles. The fourth-order valence-corrected chi connectivity index (χ4v) is 2.90. The van der Waals surface area contributed by atoms with E-state index in [1.807, 2.05) is 25.1 Å². The Hall–Kier alpha value is -0.280. The highest BCUT2D eigenvalue weighted by molar-refractivity contribution is 6.36. The molecule has 0 heterocycles. The third-order valence-electron chi connectivity index (χ3n) is 3.37. The summed E-state index contributed by atoms with van der Waals surface area (Å²) >= 11 is 12.6. The summed E-state index contributed by atoms with van der Waals surface area (Å²) in [5.41, 5.74) is 1.00. The number of rotatable bonds is 9. The maximum atomic E-state index is 6.28. The van der Waals surface area contributed by atoms with Crippen LogP contribution in [0.4, 0.5) is 0 Å². The fraction of sp³-hybridized carbons (Fsp3) is 0.625. The van der Waals surface area contributed by atoms with Crippen molar-refractivity contribution in [2.45, 2.75) is 52.2 Å². The average Bonchev–Trinajstić information content (AvgIpc) is 2.44.